The van der Waals surface area contributed by atoms with Gasteiger partial charge in [0.15, 0.2) is 11.9 Å². The molecule has 1 amide bonds. The van der Waals surface area contributed by atoms with Gasteiger partial charge in [-0.15, -0.1) is 4.72 Å². The number of carbonyl (C=O) groups is 1. The molecule has 9 heteroatoms. The van der Waals surface area contributed by atoms with Gasteiger partial charge in [0, 0.05) is 35.0 Å². The van der Waals surface area contributed by atoms with Crippen LogP contribution in [0.5, 0.6) is 5.75 Å². The van der Waals surface area contributed by atoms with Crippen LogP contribution in [-0.4, -0.2) is 58.3 Å². The van der Waals surface area contributed by atoms with Crippen LogP contribution in [0.2, 0.25) is 5.02 Å². The van der Waals surface area contributed by atoms with Gasteiger partial charge < -0.3 is 23.7 Å². The molecule has 0 radical (unpaired) electrons. The van der Waals surface area contributed by atoms with Crippen molar-refractivity contribution in [1.29, 1.82) is 0 Å². The molecule has 2 saturated heterocycles. The van der Waals surface area contributed by atoms with Gasteiger partial charge in [0.2, 0.25) is 0 Å². The first-order chi connectivity index (χ1) is 17.4. The first kappa shape index (κ1) is 28.7. The Bertz CT molecular complexity index is 986. The number of hydrogen-bond acceptors (Lipinski definition) is 6. The highest BCUT2D eigenvalue weighted by Gasteiger charge is 2.42. The number of halogens is 1. The van der Waals surface area contributed by atoms with Crippen LogP contribution in [0.4, 0.5) is 0 Å². The number of piperidine rings is 1. The topological polar surface area (TPSA) is 83.1 Å². The van der Waals surface area contributed by atoms with Gasteiger partial charge in [0.25, 0.3) is 5.91 Å². The van der Waals surface area contributed by atoms with Gasteiger partial charge in [-0.25, -0.2) is 0 Å². The summed E-state index contributed by atoms with van der Waals surface area (Å²) in [5.74, 6) is 0.606. The molecule has 3 aliphatic rings. The Morgan fingerprint density at radius 1 is 1.32 bits per heavy atom. The van der Waals surface area contributed by atoms with Gasteiger partial charge in [0.05, 0.1) is 12.6 Å². The standard InChI is InChI=1S/C28H41ClN2O5S/c1-7-14-34-23-16-20(18-8-9-18)22(29)15-21(23)25(30-37(33)27(2,3)4)19-10-12-31(13-11-19)26(32)24-17-35-28(5,6)36-24/h7,15-16,18-19,24-25,30H,1,8-14,17H2,2-6H3/t24-,25+,37?/m1/s1. The minimum Gasteiger partial charge on any atom is -0.598 e. The average Bonchev–Trinajstić information content (AvgIpc) is 3.62. The molecule has 3 atom stereocenters. The second-order valence-corrected chi connectivity index (χ2v) is 14.1. The second kappa shape index (κ2) is 11.4. The van der Waals surface area contributed by atoms with Gasteiger partial charge in [-0.2, -0.15) is 0 Å². The van der Waals surface area contributed by atoms with E-state index in [-0.39, 0.29) is 24.5 Å². The number of ether oxygens (including phenoxy) is 3. The fraction of sp³-hybridized carbons (Fsp3) is 0.679. The molecule has 1 saturated carbocycles. The van der Waals surface area contributed by atoms with Crippen LogP contribution in [0.15, 0.2) is 24.8 Å². The summed E-state index contributed by atoms with van der Waals surface area (Å²) in [6, 6.07) is 3.81. The third-order valence-electron chi connectivity index (χ3n) is 7.23. The van der Waals surface area contributed by atoms with Crippen molar-refractivity contribution in [3.63, 3.8) is 0 Å². The van der Waals surface area contributed by atoms with E-state index in [0.29, 0.717) is 25.6 Å². The predicted molar refractivity (Wildman–Crippen MR) is 147 cm³/mol. The summed E-state index contributed by atoms with van der Waals surface area (Å²) in [6.45, 7) is 15.2. The largest absolute Gasteiger partial charge is 0.598 e. The van der Waals surface area contributed by atoms with Crippen LogP contribution in [0.1, 0.15) is 83.4 Å². The molecular weight excluding hydrogens is 512 g/mol. The Morgan fingerprint density at radius 2 is 2.00 bits per heavy atom. The van der Waals surface area contributed by atoms with Crippen molar-refractivity contribution in [2.24, 2.45) is 5.92 Å². The van der Waals surface area contributed by atoms with Gasteiger partial charge >= 0.3 is 0 Å². The van der Waals surface area contributed by atoms with Crippen LogP contribution in [0.3, 0.4) is 0 Å². The fourth-order valence-electron chi connectivity index (χ4n) is 4.98. The number of nitrogens with one attached hydrogen (secondary N) is 1. The molecule has 2 aliphatic heterocycles. The lowest BCUT2D eigenvalue weighted by molar-refractivity contribution is -0.161. The van der Waals surface area contributed by atoms with E-state index < -0.39 is 28.0 Å². The number of benzene rings is 1. The Kier molecular flexibility index (Phi) is 8.88. The van der Waals surface area contributed by atoms with Crippen LogP contribution in [-0.2, 0) is 25.6 Å². The molecule has 1 N–H and O–H groups in total. The summed E-state index contributed by atoms with van der Waals surface area (Å²) < 4.78 is 33.8. The van der Waals surface area contributed by atoms with E-state index in [1.54, 1.807) is 6.08 Å². The number of amides is 1. The molecule has 2 heterocycles. The number of likely N-dealkylation sites (tertiary alicyclic amines) is 1. The molecule has 0 aromatic heterocycles. The highest BCUT2D eigenvalue weighted by molar-refractivity contribution is 7.90. The highest BCUT2D eigenvalue weighted by atomic mass is 35.5. The first-order valence-electron chi connectivity index (χ1n) is 13.2. The molecule has 1 aromatic carbocycles. The van der Waals surface area contributed by atoms with Crippen LogP contribution >= 0.6 is 11.6 Å². The SMILES string of the molecule is C=CCOc1cc(C2CC2)c(Cl)cc1[C@@H](N[S+]([O-])C(C)(C)C)C1CCN(C(=O)[C@H]2COC(C)(C)O2)CC1. The van der Waals surface area contributed by atoms with Gasteiger partial charge in [-0.1, -0.05) is 24.3 Å². The Hall–Kier alpha value is -1.29. The summed E-state index contributed by atoms with van der Waals surface area (Å²) >= 11 is 5.48. The molecule has 1 aliphatic carbocycles. The second-order valence-electron chi connectivity index (χ2n) is 11.7. The number of rotatable bonds is 9. The summed E-state index contributed by atoms with van der Waals surface area (Å²) in [5.41, 5.74) is 2.02. The molecule has 0 bridgehead atoms. The molecule has 4 rings (SSSR count). The third kappa shape index (κ3) is 7.02. The molecular formula is C28H41ClN2O5S. The zero-order valence-electron chi connectivity index (χ0n) is 22.7. The van der Waals surface area contributed by atoms with E-state index in [0.717, 1.165) is 47.6 Å². The molecule has 206 valence electrons. The Balaban J connectivity index is 1.56. The molecule has 3 fully saturated rings. The van der Waals surface area contributed by atoms with Crippen molar-refractivity contribution in [2.75, 3.05) is 26.3 Å². The van der Waals surface area contributed by atoms with Crippen LogP contribution in [0.25, 0.3) is 0 Å². The van der Waals surface area contributed by atoms with Crippen molar-refractivity contribution >= 4 is 28.9 Å². The molecule has 1 aromatic rings. The van der Waals surface area contributed by atoms with Crippen LogP contribution in [0, 0.1) is 5.92 Å². The van der Waals surface area contributed by atoms with E-state index in [1.807, 2.05) is 45.6 Å². The lowest BCUT2D eigenvalue weighted by Crippen LogP contribution is -2.48. The van der Waals surface area contributed by atoms with E-state index in [9.17, 15) is 9.35 Å². The number of hydrogen-bond donors (Lipinski definition) is 1. The molecule has 37 heavy (non-hydrogen) atoms. The van der Waals surface area contributed by atoms with Crippen molar-refractivity contribution in [3.8, 4) is 5.75 Å². The van der Waals surface area contributed by atoms with Crippen molar-refractivity contribution < 1.29 is 23.6 Å². The zero-order chi connectivity index (χ0) is 27.0. The van der Waals surface area contributed by atoms with E-state index in [2.05, 4.69) is 17.4 Å². The first-order valence-corrected chi connectivity index (χ1v) is 14.8. The maximum Gasteiger partial charge on any atom is 0.254 e. The van der Waals surface area contributed by atoms with Gasteiger partial charge in [-0.3, -0.25) is 4.79 Å². The monoisotopic (exact) mass is 552 g/mol. The minimum absolute atomic E-state index is 0.0290. The van der Waals surface area contributed by atoms with Crippen LogP contribution < -0.4 is 9.46 Å². The maximum atomic E-state index is 13.3. The van der Waals surface area contributed by atoms with Crippen molar-refractivity contribution in [3.05, 3.63) is 40.9 Å². The van der Waals surface area contributed by atoms with Gasteiger partial charge in [-0.05, 0) is 89.8 Å². The van der Waals surface area contributed by atoms with Crippen molar-refractivity contribution in [1.82, 2.24) is 9.62 Å². The highest BCUT2D eigenvalue weighted by Crippen LogP contribution is 2.47. The summed E-state index contributed by atoms with van der Waals surface area (Å²) in [7, 11) is 0. The number of carbonyl (C=O) groups excluding carboxylic acids is 1. The smallest absolute Gasteiger partial charge is 0.254 e. The fourth-order valence-corrected chi connectivity index (χ4v) is 6.21. The minimum atomic E-state index is -1.31. The maximum absolute atomic E-state index is 13.3. The summed E-state index contributed by atoms with van der Waals surface area (Å²) in [5, 5.41) is 0.727. The Morgan fingerprint density at radius 3 is 2.54 bits per heavy atom. The third-order valence-corrected chi connectivity index (χ3v) is 9.14. The Labute approximate surface area is 229 Å². The van der Waals surface area contributed by atoms with E-state index in [1.165, 1.54) is 0 Å². The normalized spacial score (nSPS) is 24.1. The zero-order valence-corrected chi connectivity index (χ0v) is 24.3. The molecule has 1 unspecified atom stereocenters. The lowest BCUT2D eigenvalue weighted by atomic mass is 9.85. The molecule has 7 nitrogen and oxygen atoms in total. The quantitative estimate of drug-likeness (QED) is 0.332. The summed E-state index contributed by atoms with van der Waals surface area (Å²) in [4.78, 5) is 14.9. The lowest BCUT2D eigenvalue weighted by Gasteiger charge is -2.38. The molecule has 0 spiro atoms. The van der Waals surface area contributed by atoms with Crippen molar-refractivity contribution in [2.45, 2.75) is 88.9 Å². The van der Waals surface area contributed by atoms with E-state index >= 15 is 0 Å². The average molecular weight is 553 g/mol. The predicted octanol–water partition coefficient (Wildman–Crippen LogP) is 5.27. The summed E-state index contributed by atoms with van der Waals surface area (Å²) in [6.07, 6.45) is 4.94. The van der Waals surface area contributed by atoms with Gasteiger partial charge in [0.1, 0.15) is 17.1 Å². The van der Waals surface area contributed by atoms with E-state index in [4.69, 9.17) is 25.8 Å². The number of nitrogens with zero attached hydrogens (tertiary/aromatic N) is 1.